The molecule has 1 N–H and O–H groups in total. The summed E-state index contributed by atoms with van der Waals surface area (Å²) in [6, 6.07) is 0.242. The van der Waals surface area contributed by atoms with Gasteiger partial charge in [0.15, 0.2) is 5.75 Å². The normalized spacial score (nSPS) is 17.2. The maximum absolute atomic E-state index is 5.48. The van der Waals surface area contributed by atoms with Crippen molar-refractivity contribution in [2.24, 2.45) is 0 Å². The van der Waals surface area contributed by atoms with Gasteiger partial charge in [-0.3, -0.25) is 4.90 Å². The second kappa shape index (κ2) is 8.43. The van der Waals surface area contributed by atoms with E-state index in [0.29, 0.717) is 0 Å². The number of nitrogens with one attached hydrogen (secondary N) is 1. The quantitative estimate of drug-likeness (QED) is 0.661. The fraction of sp³-hybridized carbons (Fsp3) is 0.647. The van der Waals surface area contributed by atoms with Crippen molar-refractivity contribution >= 4 is 8.07 Å². The van der Waals surface area contributed by atoms with Gasteiger partial charge in [-0.2, -0.15) is 0 Å². The maximum Gasteiger partial charge on any atom is 0.160 e. The molecule has 6 heteroatoms. The van der Waals surface area contributed by atoms with E-state index in [1.807, 2.05) is 0 Å². The van der Waals surface area contributed by atoms with Crippen LogP contribution in [0.2, 0.25) is 19.6 Å². The molecule has 1 atom stereocenters. The Morgan fingerprint density at radius 1 is 1.35 bits per heavy atom. The fourth-order valence-corrected chi connectivity index (χ4v) is 3.41. The van der Waals surface area contributed by atoms with Gasteiger partial charge in [-0.1, -0.05) is 19.6 Å². The maximum atomic E-state index is 5.48. The molecule has 0 aliphatic carbocycles. The number of piperazine rings is 1. The molecule has 0 amide bonds. The second-order valence-electron chi connectivity index (χ2n) is 6.87. The first-order valence-corrected chi connectivity index (χ1v) is 11.8. The van der Waals surface area contributed by atoms with Crippen LogP contribution in [-0.4, -0.2) is 56.2 Å². The van der Waals surface area contributed by atoms with Crippen molar-refractivity contribution in [3.8, 4) is 17.2 Å². The third kappa shape index (κ3) is 5.61. The molecule has 0 bridgehead atoms. The summed E-state index contributed by atoms with van der Waals surface area (Å²) >= 11 is 0. The number of nitrogens with zero attached hydrogens (tertiary/aromatic N) is 3. The average molecular weight is 333 g/mol. The molecule has 1 fully saturated rings. The highest BCUT2D eigenvalue weighted by atomic mass is 28.3. The summed E-state index contributed by atoms with van der Waals surface area (Å²) in [5.41, 5.74) is 4.44. The van der Waals surface area contributed by atoms with E-state index in [9.17, 15) is 0 Å². The van der Waals surface area contributed by atoms with Crippen molar-refractivity contribution in [3.63, 3.8) is 0 Å². The summed E-state index contributed by atoms with van der Waals surface area (Å²) < 4.78 is 5.48. The number of ether oxygens (including phenoxy) is 1. The van der Waals surface area contributed by atoms with E-state index >= 15 is 0 Å². The topological polar surface area (TPSA) is 50.3 Å². The van der Waals surface area contributed by atoms with Gasteiger partial charge in [0, 0.05) is 32.6 Å². The molecule has 5 nitrogen and oxygen atoms in total. The molecule has 2 rings (SSSR count). The molecule has 1 aromatic rings. The monoisotopic (exact) mass is 332 g/mol. The van der Waals surface area contributed by atoms with E-state index in [-0.39, 0.29) is 6.04 Å². The van der Waals surface area contributed by atoms with Gasteiger partial charge in [-0.05, 0) is 6.42 Å². The summed E-state index contributed by atoms with van der Waals surface area (Å²) in [5.74, 6) is 4.16. The van der Waals surface area contributed by atoms with Gasteiger partial charge in [0.25, 0.3) is 0 Å². The summed E-state index contributed by atoms with van der Waals surface area (Å²) in [4.78, 5) is 11.1. The lowest BCUT2D eigenvalue weighted by Gasteiger charge is -2.34. The van der Waals surface area contributed by atoms with Crippen LogP contribution in [0.3, 0.4) is 0 Å². The Kier molecular flexibility index (Phi) is 6.57. The van der Waals surface area contributed by atoms with Crippen molar-refractivity contribution in [1.82, 2.24) is 20.2 Å². The van der Waals surface area contributed by atoms with Crippen LogP contribution in [0.4, 0.5) is 0 Å². The molecule has 0 spiro atoms. The molecule has 0 radical (unpaired) electrons. The van der Waals surface area contributed by atoms with Crippen molar-refractivity contribution in [2.75, 3.05) is 33.3 Å². The van der Waals surface area contributed by atoms with E-state index in [1.54, 1.807) is 19.6 Å². The van der Waals surface area contributed by atoms with Gasteiger partial charge in [0.1, 0.15) is 20.1 Å². The Balaban J connectivity index is 2.15. The smallest absolute Gasteiger partial charge is 0.160 e. The Bertz CT molecular complexity index is 556. The van der Waals surface area contributed by atoms with E-state index in [2.05, 4.69) is 51.3 Å². The molecule has 1 aliphatic rings. The van der Waals surface area contributed by atoms with Crippen molar-refractivity contribution in [3.05, 3.63) is 18.2 Å². The molecule has 2 heterocycles. The number of hydrogen-bond donors (Lipinski definition) is 1. The van der Waals surface area contributed by atoms with Crippen LogP contribution >= 0.6 is 0 Å². The zero-order chi connectivity index (χ0) is 16.7. The lowest BCUT2D eigenvalue weighted by atomic mass is 10.0. The SMILES string of the molecule is COc1cncnc1C(CCC#C[Si](C)(C)C)N1CCNCC1. The summed E-state index contributed by atoms with van der Waals surface area (Å²) in [6.45, 7) is 10.9. The van der Waals surface area contributed by atoms with Crippen LogP contribution in [0.15, 0.2) is 12.5 Å². The fourth-order valence-electron chi connectivity index (χ4n) is 2.76. The molecule has 0 saturated carbocycles. The molecular formula is C17H28N4OSi. The highest BCUT2D eigenvalue weighted by Crippen LogP contribution is 2.30. The van der Waals surface area contributed by atoms with E-state index < -0.39 is 8.07 Å². The standard InChI is InChI=1S/C17H28N4OSi/c1-22-16-13-19-14-20-17(16)15(21-10-8-18-9-11-21)7-5-6-12-23(2,3)4/h13-15,18H,5,7-11H2,1-4H3. The van der Waals surface area contributed by atoms with Crippen LogP contribution in [0.5, 0.6) is 5.75 Å². The Morgan fingerprint density at radius 2 is 2.09 bits per heavy atom. The van der Waals surface area contributed by atoms with Gasteiger partial charge in [-0.15, -0.1) is 11.5 Å². The van der Waals surface area contributed by atoms with Gasteiger partial charge >= 0.3 is 0 Å². The number of aromatic nitrogens is 2. The van der Waals surface area contributed by atoms with E-state index in [4.69, 9.17) is 4.74 Å². The number of hydrogen-bond acceptors (Lipinski definition) is 5. The summed E-state index contributed by atoms with van der Waals surface area (Å²) in [6.07, 6.45) is 5.24. The van der Waals surface area contributed by atoms with Crippen LogP contribution in [0.25, 0.3) is 0 Å². The van der Waals surface area contributed by atoms with Crippen LogP contribution < -0.4 is 10.1 Å². The molecule has 0 aromatic carbocycles. The molecule has 1 aliphatic heterocycles. The Morgan fingerprint density at radius 3 is 2.74 bits per heavy atom. The minimum atomic E-state index is -1.30. The molecular weight excluding hydrogens is 304 g/mol. The highest BCUT2D eigenvalue weighted by Gasteiger charge is 2.25. The van der Waals surface area contributed by atoms with E-state index in [1.165, 1.54) is 0 Å². The molecule has 1 aromatic heterocycles. The average Bonchev–Trinajstić information content (AvgIpc) is 2.55. The first-order valence-electron chi connectivity index (χ1n) is 8.30. The van der Waals surface area contributed by atoms with Gasteiger partial charge in [0.05, 0.1) is 19.3 Å². The van der Waals surface area contributed by atoms with Crippen molar-refractivity contribution < 1.29 is 4.74 Å². The first kappa shape index (κ1) is 17.9. The lowest BCUT2D eigenvalue weighted by molar-refractivity contribution is 0.160. The second-order valence-corrected chi connectivity index (χ2v) is 11.6. The van der Waals surface area contributed by atoms with Crippen molar-refractivity contribution in [1.29, 1.82) is 0 Å². The Labute approximate surface area is 140 Å². The number of methoxy groups -OCH3 is 1. The Hall–Kier alpha value is -1.42. The summed E-state index contributed by atoms with van der Waals surface area (Å²) in [7, 11) is 0.382. The highest BCUT2D eigenvalue weighted by molar-refractivity contribution is 6.83. The molecule has 1 saturated heterocycles. The summed E-state index contributed by atoms with van der Waals surface area (Å²) in [5, 5.41) is 3.41. The zero-order valence-electron chi connectivity index (χ0n) is 14.7. The lowest BCUT2D eigenvalue weighted by Crippen LogP contribution is -2.45. The van der Waals surface area contributed by atoms with Crippen LogP contribution in [0, 0.1) is 11.5 Å². The van der Waals surface area contributed by atoms with Gasteiger partial charge in [0.2, 0.25) is 0 Å². The zero-order valence-corrected chi connectivity index (χ0v) is 15.7. The van der Waals surface area contributed by atoms with Crippen molar-refractivity contribution in [2.45, 2.75) is 38.5 Å². The minimum Gasteiger partial charge on any atom is -0.493 e. The third-order valence-electron chi connectivity index (χ3n) is 3.84. The third-order valence-corrected chi connectivity index (χ3v) is 4.77. The first-order chi connectivity index (χ1) is 11.0. The molecule has 23 heavy (non-hydrogen) atoms. The largest absolute Gasteiger partial charge is 0.493 e. The van der Waals surface area contributed by atoms with Crippen LogP contribution in [-0.2, 0) is 0 Å². The molecule has 1 unspecified atom stereocenters. The minimum absolute atomic E-state index is 0.242. The van der Waals surface area contributed by atoms with Gasteiger partial charge in [-0.25, -0.2) is 9.97 Å². The van der Waals surface area contributed by atoms with Gasteiger partial charge < -0.3 is 10.1 Å². The predicted octanol–water partition coefficient (Wildman–Crippen LogP) is 2.09. The number of rotatable bonds is 5. The predicted molar refractivity (Wildman–Crippen MR) is 96.1 cm³/mol. The molecule has 126 valence electrons. The van der Waals surface area contributed by atoms with E-state index in [0.717, 1.165) is 50.5 Å². The van der Waals surface area contributed by atoms with Crippen LogP contribution in [0.1, 0.15) is 24.6 Å².